The highest BCUT2D eigenvalue weighted by Gasteiger charge is 2.10. The van der Waals surface area contributed by atoms with Gasteiger partial charge in [-0.3, -0.25) is 10.1 Å². The van der Waals surface area contributed by atoms with Crippen LogP contribution in [0.5, 0.6) is 5.75 Å². The monoisotopic (exact) mass is 342 g/mol. The minimum absolute atomic E-state index is 0.0205. The maximum Gasteiger partial charge on any atom is 0.273 e. The predicted octanol–water partition coefficient (Wildman–Crippen LogP) is 3.74. The number of nitro groups is 1. The lowest BCUT2D eigenvalue weighted by Gasteiger charge is -2.07. The number of rotatable bonds is 5. The van der Waals surface area contributed by atoms with Gasteiger partial charge in [0, 0.05) is 17.4 Å². The van der Waals surface area contributed by atoms with E-state index in [1.807, 2.05) is 6.92 Å². The van der Waals surface area contributed by atoms with Crippen molar-refractivity contribution < 1.29 is 9.66 Å². The van der Waals surface area contributed by atoms with Gasteiger partial charge in [0.2, 0.25) is 0 Å². The first-order valence-electron chi connectivity index (χ1n) is 5.53. The molecule has 0 radical (unpaired) electrons. The SMILES string of the molecule is Cc1ncsc1CCOc1cc([N+](=O)[O-])ccc1Br. The Hall–Kier alpha value is -1.47. The molecule has 5 nitrogen and oxygen atoms in total. The van der Waals surface area contributed by atoms with Crippen molar-refractivity contribution in [3.05, 3.63) is 48.9 Å². The largest absolute Gasteiger partial charge is 0.492 e. The summed E-state index contributed by atoms with van der Waals surface area (Å²) in [7, 11) is 0. The van der Waals surface area contributed by atoms with Crippen molar-refractivity contribution in [2.24, 2.45) is 0 Å². The van der Waals surface area contributed by atoms with Crippen LogP contribution in [0.25, 0.3) is 0 Å². The average Bonchev–Trinajstić information content (AvgIpc) is 2.77. The molecule has 0 bridgehead atoms. The minimum atomic E-state index is -0.438. The van der Waals surface area contributed by atoms with E-state index in [0.29, 0.717) is 16.8 Å². The van der Waals surface area contributed by atoms with Gasteiger partial charge in [-0.2, -0.15) is 0 Å². The normalized spacial score (nSPS) is 10.4. The van der Waals surface area contributed by atoms with Crippen LogP contribution in [-0.4, -0.2) is 16.5 Å². The molecular formula is C12H11BrN2O3S. The molecule has 0 aliphatic heterocycles. The number of ether oxygens (including phenoxy) is 1. The highest BCUT2D eigenvalue weighted by molar-refractivity contribution is 9.10. The summed E-state index contributed by atoms with van der Waals surface area (Å²) in [6.45, 7) is 2.41. The Morgan fingerprint density at radius 3 is 2.95 bits per heavy atom. The van der Waals surface area contributed by atoms with E-state index >= 15 is 0 Å². The summed E-state index contributed by atoms with van der Waals surface area (Å²) in [5.74, 6) is 0.483. The number of non-ortho nitro benzene ring substituents is 1. The number of hydrogen-bond donors (Lipinski definition) is 0. The Labute approximate surface area is 122 Å². The van der Waals surface area contributed by atoms with E-state index in [0.717, 1.165) is 12.1 Å². The molecule has 0 N–H and O–H groups in total. The van der Waals surface area contributed by atoms with Gasteiger partial charge < -0.3 is 4.74 Å². The highest BCUT2D eigenvalue weighted by Crippen LogP contribution is 2.29. The van der Waals surface area contributed by atoms with Gasteiger partial charge >= 0.3 is 0 Å². The Kier molecular flexibility index (Phi) is 4.49. The summed E-state index contributed by atoms with van der Waals surface area (Å²) in [6.07, 6.45) is 0.742. The van der Waals surface area contributed by atoms with Gasteiger partial charge in [-0.25, -0.2) is 4.98 Å². The van der Waals surface area contributed by atoms with Crippen LogP contribution in [0.4, 0.5) is 5.69 Å². The van der Waals surface area contributed by atoms with Crippen LogP contribution in [0.3, 0.4) is 0 Å². The maximum atomic E-state index is 10.7. The molecule has 0 aliphatic carbocycles. The van der Waals surface area contributed by atoms with Gasteiger partial charge in [0.1, 0.15) is 5.75 Å². The van der Waals surface area contributed by atoms with E-state index in [4.69, 9.17) is 4.74 Å². The van der Waals surface area contributed by atoms with E-state index in [9.17, 15) is 10.1 Å². The zero-order valence-electron chi connectivity index (χ0n) is 10.1. The molecule has 1 aromatic carbocycles. The number of benzene rings is 1. The molecule has 19 heavy (non-hydrogen) atoms. The lowest BCUT2D eigenvalue weighted by Crippen LogP contribution is -2.02. The van der Waals surface area contributed by atoms with E-state index in [1.165, 1.54) is 17.0 Å². The van der Waals surface area contributed by atoms with Crippen molar-refractivity contribution in [1.82, 2.24) is 4.98 Å². The number of nitrogens with zero attached hydrogens (tertiary/aromatic N) is 2. The van der Waals surface area contributed by atoms with Crippen molar-refractivity contribution in [2.75, 3.05) is 6.61 Å². The Morgan fingerprint density at radius 2 is 2.32 bits per heavy atom. The molecule has 1 heterocycles. The molecule has 0 saturated carbocycles. The molecule has 0 atom stereocenters. The van der Waals surface area contributed by atoms with Crippen LogP contribution in [0.1, 0.15) is 10.6 Å². The molecule has 100 valence electrons. The first kappa shape index (κ1) is 14.0. The molecule has 0 aliphatic rings. The van der Waals surface area contributed by atoms with E-state index in [-0.39, 0.29) is 5.69 Å². The van der Waals surface area contributed by atoms with E-state index in [1.54, 1.807) is 22.9 Å². The van der Waals surface area contributed by atoms with Gasteiger partial charge in [0.05, 0.1) is 33.3 Å². The molecule has 0 spiro atoms. The number of thiazole rings is 1. The lowest BCUT2D eigenvalue weighted by molar-refractivity contribution is -0.385. The maximum absolute atomic E-state index is 10.7. The zero-order chi connectivity index (χ0) is 13.8. The lowest BCUT2D eigenvalue weighted by atomic mass is 10.3. The first-order valence-corrected chi connectivity index (χ1v) is 7.21. The number of halogens is 1. The van der Waals surface area contributed by atoms with Gasteiger partial charge in [-0.1, -0.05) is 0 Å². The Morgan fingerprint density at radius 1 is 1.53 bits per heavy atom. The second kappa shape index (κ2) is 6.12. The predicted molar refractivity (Wildman–Crippen MR) is 76.8 cm³/mol. The number of hydrogen-bond acceptors (Lipinski definition) is 5. The molecule has 0 unspecified atom stereocenters. The van der Waals surface area contributed by atoms with Gasteiger partial charge in [-0.15, -0.1) is 11.3 Å². The zero-order valence-corrected chi connectivity index (χ0v) is 12.5. The van der Waals surface area contributed by atoms with Crippen LogP contribution >= 0.6 is 27.3 Å². The second-order valence-corrected chi connectivity index (χ2v) is 5.62. The molecule has 1 aromatic heterocycles. The minimum Gasteiger partial charge on any atom is -0.492 e. The first-order chi connectivity index (χ1) is 9.08. The molecule has 0 saturated heterocycles. The van der Waals surface area contributed by atoms with Crippen LogP contribution < -0.4 is 4.74 Å². The van der Waals surface area contributed by atoms with Crippen LogP contribution in [0.15, 0.2) is 28.2 Å². The van der Waals surface area contributed by atoms with Gasteiger partial charge in [0.25, 0.3) is 5.69 Å². The summed E-state index contributed by atoms with van der Waals surface area (Å²) in [5, 5.41) is 10.7. The number of nitro benzene ring substituents is 1. The fraction of sp³-hybridized carbons (Fsp3) is 0.250. The Bertz CT molecular complexity index is 600. The molecule has 0 amide bonds. The molecule has 0 fully saturated rings. The number of aryl methyl sites for hydroxylation is 1. The van der Waals surface area contributed by atoms with Crippen LogP contribution in [-0.2, 0) is 6.42 Å². The highest BCUT2D eigenvalue weighted by atomic mass is 79.9. The molecular weight excluding hydrogens is 332 g/mol. The van der Waals surface area contributed by atoms with Crippen molar-refractivity contribution in [2.45, 2.75) is 13.3 Å². The molecule has 2 rings (SSSR count). The van der Waals surface area contributed by atoms with E-state index < -0.39 is 4.92 Å². The fourth-order valence-electron chi connectivity index (χ4n) is 1.54. The quantitative estimate of drug-likeness (QED) is 0.613. The third kappa shape index (κ3) is 3.51. The van der Waals surface area contributed by atoms with Crippen molar-refractivity contribution in [3.63, 3.8) is 0 Å². The standard InChI is InChI=1S/C12H11BrN2O3S/c1-8-12(19-7-14-8)4-5-18-11-6-9(15(16)17)2-3-10(11)13/h2-3,6-7H,4-5H2,1H3. The van der Waals surface area contributed by atoms with Crippen molar-refractivity contribution >= 4 is 33.0 Å². The van der Waals surface area contributed by atoms with Crippen LogP contribution in [0.2, 0.25) is 0 Å². The van der Waals surface area contributed by atoms with Gasteiger partial charge in [-0.05, 0) is 28.9 Å². The fourth-order valence-corrected chi connectivity index (χ4v) is 2.66. The average molecular weight is 343 g/mol. The molecule has 7 heteroatoms. The topological polar surface area (TPSA) is 65.3 Å². The second-order valence-electron chi connectivity index (χ2n) is 3.83. The van der Waals surface area contributed by atoms with Crippen molar-refractivity contribution in [1.29, 1.82) is 0 Å². The number of aromatic nitrogens is 1. The summed E-state index contributed by atoms with van der Waals surface area (Å²) >= 11 is 4.90. The van der Waals surface area contributed by atoms with Crippen LogP contribution in [0, 0.1) is 17.0 Å². The third-order valence-corrected chi connectivity index (χ3v) is 4.21. The van der Waals surface area contributed by atoms with E-state index in [2.05, 4.69) is 20.9 Å². The van der Waals surface area contributed by atoms with Crippen molar-refractivity contribution in [3.8, 4) is 5.75 Å². The smallest absolute Gasteiger partial charge is 0.273 e. The summed E-state index contributed by atoms with van der Waals surface area (Å²) in [4.78, 5) is 15.6. The third-order valence-electron chi connectivity index (χ3n) is 2.56. The summed E-state index contributed by atoms with van der Waals surface area (Å²) < 4.78 is 6.29. The summed E-state index contributed by atoms with van der Waals surface area (Å²) in [6, 6.07) is 4.47. The Balaban J connectivity index is 2.01. The van der Waals surface area contributed by atoms with Gasteiger partial charge in [0.15, 0.2) is 0 Å². The molecule has 2 aromatic rings. The summed E-state index contributed by atoms with van der Waals surface area (Å²) in [5.41, 5.74) is 2.83.